The van der Waals surface area contributed by atoms with Crippen LogP contribution in [0.4, 0.5) is 0 Å². The Morgan fingerprint density at radius 2 is 1.50 bits per heavy atom. The van der Waals surface area contributed by atoms with Gasteiger partial charge in [-0.25, -0.2) is 0 Å². The van der Waals surface area contributed by atoms with Gasteiger partial charge in [0, 0.05) is 0 Å². The average Bonchev–Trinajstić information content (AvgIpc) is 3.33. The van der Waals surface area contributed by atoms with Crippen molar-refractivity contribution in [2.45, 2.75) is 71.3 Å². The molecule has 126 valence electrons. The van der Waals surface area contributed by atoms with Crippen molar-refractivity contribution in [3.63, 3.8) is 0 Å². The van der Waals surface area contributed by atoms with Crippen molar-refractivity contribution >= 4 is 6.79 Å². The van der Waals surface area contributed by atoms with E-state index in [1.807, 2.05) is 18.9 Å². The molecule has 1 N–H and O–H groups in total. The Hall–Kier alpha value is -1.35. The molecule has 3 nitrogen and oxygen atoms in total. The third kappa shape index (κ3) is 13.6. The van der Waals surface area contributed by atoms with E-state index in [2.05, 4.69) is 13.8 Å². The fraction of sp³-hybridized carbons (Fsp3) is 0.632. The van der Waals surface area contributed by atoms with Crippen molar-refractivity contribution in [2.75, 3.05) is 6.61 Å². The number of hydrogen-bond acceptors (Lipinski definition) is 3. The first-order chi connectivity index (χ1) is 10.7. The van der Waals surface area contributed by atoms with Crippen LogP contribution in [0.3, 0.4) is 0 Å². The average molecular weight is 308 g/mol. The number of carbonyl (C=O) groups excluding carboxylic acids is 1. The Morgan fingerprint density at radius 1 is 1.05 bits per heavy atom. The number of hydrogen-bond donors (Lipinski definition) is 1. The highest BCUT2D eigenvalue weighted by atomic mass is 16.6. The SMILES string of the molecule is C=O.CC1CO1.CCCCCCCCCc1ccc(O)cc1. The fourth-order valence-corrected chi connectivity index (χ4v) is 2.05. The minimum Gasteiger partial charge on any atom is -0.508 e. The van der Waals surface area contributed by atoms with E-state index in [9.17, 15) is 0 Å². The summed E-state index contributed by atoms with van der Waals surface area (Å²) >= 11 is 0. The number of unbranched alkanes of at least 4 members (excludes halogenated alkanes) is 6. The van der Waals surface area contributed by atoms with Crippen LogP contribution in [-0.4, -0.2) is 24.6 Å². The van der Waals surface area contributed by atoms with Crippen LogP contribution in [0.15, 0.2) is 24.3 Å². The van der Waals surface area contributed by atoms with Gasteiger partial charge in [-0.05, 0) is 37.5 Å². The first kappa shape index (κ1) is 20.6. The van der Waals surface area contributed by atoms with Crippen molar-refractivity contribution in [3.05, 3.63) is 29.8 Å². The molecule has 2 rings (SSSR count). The molecule has 0 bridgehead atoms. The molecule has 1 heterocycles. The molecule has 0 aliphatic carbocycles. The molecule has 0 saturated carbocycles. The number of phenolic OH excluding ortho intramolecular Hbond substituents is 1. The molecule has 1 fully saturated rings. The maximum Gasteiger partial charge on any atom is 0.115 e. The maximum atomic E-state index is 9.15. The third-order valence-corrected chi connectivity index (χ3v) is 3.51. The lowest BCUT2D eigenvalue weighted by molar-refractivity contribution is -0.0979. The van der Waals surface area contributed by atoms with Gasteiger partial charge in [-0.3, -0.25) is 0 Å². The van der Waals surface area contributed by atoms with Crippen molar-refractivity contribution in [2.24, 2.45) is 0 Å². The lowest BCUT2D eigenvalue weighted by Crippen LogP contribution is -1.85. The van der Waals surface area contributed by atoms with Gasteiger partial charge < -0.3 is 14.6 Å². The Morgan fingerprint density at radius 3 is 1.95 bits per heavy atom. The summed E-state index contributed by atoms with van der Waals surface area (Å²) in [4.78, 5) is 8.00. The summed E-state index contributed by atoms with van der Waals surface area (Å²) in [6, 6.07) is 7.59. The zero-order valence-electron chi connectivity index (χ0n) is 14.2. The van der Waals surface area contributed by atoms with Gasteiger partial charge in [0.2, 0.25) is 0 Å². The zero-order chi connectivity index (χ0) is 16.6. The van der Waals surface area contributed by atoms with Crippen LogP contribution in [0.1, 0.15) is 64.4 Å². The molecule has 0 amide bonds. The highest BCUT2D eigenvalue weighted by molar-refractivity contribution is 5.25. The number of ether oxygens (including phenoxy) is 1. The molecule has 0 aromatic heterocycles. The van der Waals surface area contributed by atoms with Crippen molar-refractivity contribution in [1.82, 2.24) is 0 Å². The second-order valence-electron chi connectivity index (χ2n) is 5.68. The monoisotopic (exact) mass is 308 g/mol. The van der Waals surface area contributed by atoms with Gasteiger partial charge in [-0.15, -0.1) is 0 Å². The smallest absolute Gasteiger partial charge is 0.115 e. The first-order valence-electron chi connectivity index (χ1n) is 8.40. The van der Waals surface area contributed by atoms with E-state index in [1.165, 1.54) is 50.5 Å². The maximum absolute atomic E-state index is 9.15. The first-order valence-corrected chi connectivity index (χ1v) is 8.40. The lowest BCUT2D eigenvalue weighted by Gasteiger charge is -2.02. The van der Waals surface area contributed by atoms with Crippen LogP contribution in [0.25, 0.3) is 0 Å². The second-order valence-corrected chi connectivity index (χ2v) is 5.68. The molecule has 22 heavy (non-hydrogen) atoms. The normalized spacial score (nSPS) is 15.1. The standard InChI is InChI=1S/C15H24O.C3H6O.CH2O/c1-2-3-4-5-6-7-8-9-14-10-12-15(16)13-11-14;1-3-2-4-3;1-2/h10-13,16H,2-9H2,1H3;3H,2H2,1H3;1H2. The minimum absolute atomic E-state index is 0.364. The number of rotatable bonds is 8. The van der Waals surface area contributed by atoms with Gasteiger partial charge in [0.15, 0.2) is 0 Å². The molecule has 1 atom stereocenters. The number of phenols is 1. The highest BCUT2D eigenvalue weighted by Gasteiger charge is 2.13. The quantitative estimate of drug-likeness (QED) is 0.548. The van der Waals surface area contributed by atoms with E-state index in [4.69, 9.17) is 14.6 Å². The Bertz CT molecular complexity index is 344. The van der Waals surface area contributed by atoms with Crippen molar-refractivity contribution in [3.8, 4) is 5.75 Å². The van der Waals surface area contributed by atoms with E-state index in [-0.39, 0.29) is 0 Å². The topological polar surface area (TPSA) is 49.8 Å². The van der Waals surface area contributed by atoms with Gasteiger partial charge in [-0.1, -0.05) is 57.6 Å². The Labute approximate surface area is 135 Å². The molecule has 1 unspecified atom stereocenters. The lowest BCUT2D eigenvalue weighted by atomic mass is 10.0. The third-order valence-electron chi connectivity index (χ3n) is 3.51. The van der Waals surface area contributed by atoms with Crippen LogP contribution in [0.2, 0.25) is 0 Å². The van der Waals surface area contributed by atoms with E-state index in [0.29, 0.717) is 11.9 Å². The molecular weight excluding hydrogens is 276 g/mol. The van der Waals surface area contributed by atoms with Gasteiger partial charge in [0.25, 0.3) is 0 Å². The van der Waals surface area contributed by atoms with E-state index < -0.39 is 0 Å². The predicted octanol–water partition coefficient (Wildman–Crippen LogP) is 4.91. The van der Waals surface area contributed by atoms with Gasteiger partial charge in [0.05, 0.1) is 12.7 Å². The van der Waals surface area contributed by atoms with Crippen LogP contribution in [0, 0.1) is 0 Å². The van der Waals surface area contributed by atoms with E-state index >= 15 is 0 Å². The summed E-state index contributed by atoms with van der Waals surface area (Å²) in [5.41, 5.74) is 1.34. The Balaban J connectivity index is 0.000000617. The van der Waals surface area contributed by atoms with Gasteiger partial charge in [-0.2, -0.15) is 0 Å². The summed E-state index contributed by atoms with van der Waals surface area (Å²) in [6.07, 6.45) is 11.2. The van der Waals surface area contributed by atoms with Crippen molar-refractivity contribution in [1.29, 1.82) is 0 Å². The van der Waals surface area contributed by atoms with Crippen molar-refractivity contribution < 1.29 is 14.6 Å². The largest absolute Gasteiger partial charge is 0.508 e. The molecular formula is C19H32O3. The summed E-state index contributed by atoms with van der Waals surface area (Å²) in [6.45, 7) is 7.30. The van der Waals surface area contributed by atoms with E-state index in [0.717, 1.165) is 13.0 Å². The van der Waals surface area contributed by atoms with Gasteiger partial charge in [0.1, 0.15) is 12.5 Å². The molecule has 3 heteroatoms. The summed E-state index contributed by atoms with van der Waals surface area (Å²) in [5.74, 6) is 0.364. The zero-order valence-corrected chi connectivity index (χ0v) is 14.2. The number of aromatic hydroxyl groups is 1. The molecule has 0 radical (unpaired) electrons. The molecule has 1 aromatic carbocycles. The number of carbonyl (C=O) groups is 1. The molecule has 1 aromatic rings. The predicted molar refractivity (Wildman–Crippen MR) is 92.3 cm³/mol. The molecule has 1 aliphatic rings. The van der Waals surface area contributed by atoms with E-state index in [1.54, 1.807) is 12.1 Å². The molecule has 0 spiro atoms. The summed E-state index contributed by atoms with van der Waals surface area (Å²) < 4.78 is 4.71. The summed E-state index contributed by atoms with van der Waals surface area (Å²) in [7, 11) is 0. The number of aryl methyl sites for hydroxylation is 1. The van der Waals surface area contributed by atoms with Crippen LogP contribution < -0.4 is 0 Å². The second kappa shape index (κ2) is 14.6. The van der Waals surface area contributed by atoms with Gasteiger partial charge >= 0.3 is 0 Å². The molecule has 1 aliphatic heterocycles. The molecule has 1 saturated heterocycles. The highest BCUT2D eigenvalue weighted by Crippen LogP contribution is 2.13. The minimum atomic E-state index is 0.364. The number of benzene rings is 1. The summed E-state index contributed by atoms with van der Waals surface area (Å²) in [5, 5.41) is 9.15. The van der Waals surface area contributed by atoms with Crippen LogP contribution in [0.5, 0.6) is 5.75 Å². The number of epoxide rings is 1. The Kier molecular flexibility index (Phi) is 13.7. The van der Waals surface area contributed by atoms with Crippen LogP contribution in [-0.2, 0) is 16.0 Å². The van der Waals surface area contributed by atoms with Crippen LogP contribution >= 0.6 is 0 Å². The fourth-order valence-electron chi connectivity index (χ4n) is 2.05.